The van der Waals surface area contributed by atoms with Crippen molar-refractivity contribution in [2.24, 2.45) is 0 Å². The van der Waals surface area contributed by atoms with E-state index >= 15 is 0 Å². The van der Waals surface area contributed by atoms with Crippen LogP contribution in [0, 0.1) is 0 Å². The highest BCUT2D eigenvalue weighted by Gasteiger charge is 2.52. The molecule has 228 valence electrons. The molecule has 0 saturated heterocycles. The highest BCUT2D eigenvalue weighted by Crippen LogP contribution is 2.52. The van der Waals surface area contributed by atoms with Gasteiger partial charge in [0.25, 0.3) is 6.71 Å². The topological polar surface area (TPSA) is 10.9 Å². The molecule has 0 amide bonds. The number of hydrogen-bond donors (Lipinski definition) is 0. The fourth-order valence-electron chi connectivity index (χ4n) is 10.0. The summed E-state index contributed by atoms with van der Waals surface area (Å²) in [6.45, 7) is 5.05. The summed E-state index contributed by atoms with van der Waals surface area (Å²) < 4.78 is 2.61. The molecule has 3 nitrogen and oxygen atoms in total. The summed E-state index contributed by atoms with van der Waals surface area (Å²) in [4.78, 5) is 5.06. The van der Waals surface area contributed by atoms with E-state index in [0.717, 1.165) is 0 Å². The summed E-state index contributed by atoms with van der Waals surface area (Å²) in [6.07, 6.45) is 0. The molecule has 12 rings (SSSR count). The van der Waals surface area contributed by atoms with Crippen LogP contribution in [0.5, 0.6) is 0 Å². The normalized spacial score (nSPS) is 15.2. The molecule has 0 unspecified atom stereocenters. The first-order valence-corrected chi connectivity index (χ1v) is 17.3. The van der Waals surface area contributed by atoms with Gasteiger partial charge >= 0.3 is 0 Å². The van der Waals surface area contributed by atoms with Gasteiger partial charge in [-0.2, -0.15) is 0 Å². The average Bonchev–Trinajstić information content (AvgIpc) is 3.66. The summed E-state index contributed by atoms with van der Waals surface area (Å²) >= 11 is 0. The molecule has 2 aromatic heterocycles. The first kappa shape index (κ1) is 26.0. The molecular weight excluding hydrogens is 593 g/mol. The number of rotatable bonds is 2. The first-order valence-electron chi connectivity index (χ1n) is 17.3. The van der Waals surface area contributed by atoms with Crippen LogP contribution in [0.3, 0.4) is 0 Å². The van der Waals surface area contributed by atoms with E-state index in [1.54, 1.807) is 0 Å². The third kappa shape index (κ3) is 2.95. The van der Waals surface area contributed by atoms with Crippen LogP contribution in [-0.2, 0) is 5.41 Å². The van der Waals surface area contributed by atoms with Crippen LogP contribution in [-0.4, -0.2) is 11.1 Å². The molecule has 4 heteroatoms. The van der Waals surface area contributed by atoms with Gasteiger partial charge in [-0.3, -0.25) is 0 Å². The Hall–Kier alpha value is -6.00. The van der Waals surface area contributed by atoms with Crippen molar-refractivity contribution in [1.29, 1.82) is 0 Å². The van der Waals surface area contributed by atoms with Crippen molar-refractivity contribution in [3.05, 3.63) is 157 Å². The molecule has 0 bridgehead atoms. The maximum absolute atomic E-state index is 2.61. The Labute approximate surface area is 284 Å². The lowest BCUT2D eigenvalue weighted by Gasteiger charge is -2.50. The summed E-state index contributed by atoms with van der Waals surface area (Å²) in [5, 5.41) is 5.30. The molecule has 9 aromatic rings. The van der Waals surface area contributed by atoms with Crippen LogP contribution < -0.4 is 26.2 Å². The van der Waals surface area contributed by atoms with Gasteiger partial charge in [-0.15, -0.1) is 0 Å². The molecule has 0 N–H and O–H groups in total. The zero-order valence-corrected chi connectivity index (χ0v) is 27.3. The number of hydrogen-bond acceptors (Lipinski definition) is 2. The molecule has 3 aliphatic rings. The number of aromatic nitrogens is 1. The van der Waals surface area contributed by atoms with E-state index in [1.165, 1.54) is 99.7 Å². The lowest BCUT2D eigenvalue weighted by atomic mass is 9.28. The van der Waals surface area contributed by atoms with Crippen molar-refractivity contribution in [2.75, 3.05) is 9.80 Å². The van der Waals surface area contributed by atoms with Crippen molar-refractivity contribution in [3.8, 4) is 0 Å². The van der Waals surface area contributed by atoms with Gasteiger partial charge in [-0.1, -0.05) is 105 Å². The Kier molecular flexibility index (Phi) is 4.63. The summed E-state index contributed by atoms with van der Waals surface area (Å²) in [6, 6.07) is 54.3. The molecule has 3 aliphatic heterocycles. The van der Waals surface area contributed by atoms with Crippen molar-refractivity contribution < 1.29 is 0 Å². The van der Waals surface area contributed by atoms with Crippen LogP contribution in [0.2, 0.25) is 0 Å². The zero-order valence-electron chi connectivity index (χ0n) is 27.3. The molecule has 0 aliphatic carbocycles. The second kappa shape index (κ2) is 8.72. The Morgan fingerprint density at radius 3 is 1.71 bits per heavy atom. The van der Waals surface area contributed by atoms with E-state index in [9.17, 15) is 0 Å². The summed E-state index contributed by atoms with van der Waals surface area (Å²) in [7, 11) is 0. The minimum atomic E-state index is -0.272. The Balaban J connectivity index is 1.33. The van der Waals surface area contributed by atoms with Crippen molar-refractivity contribution in [2.45, 2.75) is 19.3 Å². The van der Waals surface area contributed by atoms with Gasteiger partial charge in [0, 0.05) is 61.1 Å². The van der Waals surface area contributed by atoms with Crippen LogP contribution in [0.4, 0.5) is 34.1 Å². The third-order valence-corrected chi connectivity index (χ3v) is 11.8. The molecule has 0 atom stereocenters. The van der Waals surface area contributed by atoms with Gasteiger partial charge in [0.15, 0.2) is 0 Å². The second-order valence-corrected chi connectivity index (χ2v) is 14.5. The smallest absolute Gasteiger partial charge is 0.253 e. The van der Waals surface area contributed by atoms with Crippen molar-refractivity contribution in [1.82, 2.24) is 4.40 Å². The standard InChI is InChI=1S/C45H30BN3/c1-45(2)33-21-12-23-35-40(33)46-41-36(47(35)27-14-5-3-6-15-27)24-13-25-37(41)48(28-16-7-4-8-17-28)38-26-32-31-20-11-19-30-29-18-9-10-22-34(29)49(43(30)31)44(32)39(45)42(38)46/h3-26H,1-2H3. The van der Waals surface area contributed by atoms with Crippen LogP contribution in [0.25, 0.3) is 38.1 Å². The molecule has 0 spiro atoms. The van der Waals surface area contributed by atoms with E-state index in [4.69, 9.17) is 0 Å². The minimum absolute atomic E-state index is 0.113. The van der Waals surface area contributed by atoms with Gasteiger partial charge in [0.05, 0.1) is 16.6 Å². The third-order valence-electron chi connectivity index (χ3n) is 11.8. The summed E-state index contributed by atoms with van der Waals surface area (Å²) in [5.41, 5.74) is 18.3. The van der Waals surface area contributed by atoms with Gasteiger partial charge < -0.3 is 14.2 Å². The van der Waals surface area contributed by atoms with Gasteiger partial charge in [0.2, 0.25) is 0 Å². The Morgan fingerprint density at radius 1 is 0.449 bits per heavy atom. The minimum Gasteiger partial charge on any atom is -0.311 e. The van der Waals surface area contributed by atoms with Crippen LogP contribution in [0.1, 0.15) is 25.0 Å². The average molecular weight is 624 g/mol. The molecule has 49 heavy (non-hydrogen) atoms. The van der Waals surface area contributed by atoms with Gasteiger partial charge in [0.1, 0.15) is 0 Å². The number of anilines is 6. The SMILES string of the molecule is CC1(C)c2cccc3c2B2c4c(cccc4N(c4ccccc4)c4cc5c6cccc7c8ccccc8n(c5c1c42)c76)N3c1ccccc1. The molecule has 7 aromatic carbocycles. The van der Waals surface area contributed by atoms with Gasteiger partial charge in [-0.25, -0.2) is 0 Å². The van der Waals surface area contributed by atoms with E-state index < -0.39 is 0 Å². The molecule has 0 saturated carbocycles. The van der Waals surface area contributed by atoms with E-state index in [2.05, 4.69) is 174 Å². The Morgan fingerprint density at radius 2 is 1.00 bits per heavy atom. The number of nitrogens with zero attached hydrogens (tertiary/aromatic N) is 3. The van der Waals surface area contributed by atoms with E-state index in [1.807, 2.05) is 0 Å². The Bertz CT molecular complexity index is 2870. The second-order valence-electron chi connectivity index (χ2n) is 14.5. The molecular formula is C45H30BN3. The fraction of sp³-hybridized carbons (Fsp3) is 0.0667. The van der Waals surface area contributed by atoms with E-state index in [-0.39, 0.29) is 12.1 Å². The number of benzene rings is 7. The predicted octanol–water partition coefficient (Wildman–Crippen LogP) is 9.56. The van der Waals surface area contributed by atoms with Gasteiger partial charge in [-0.05, 0) is 82.1 Å². The van der Waals surface area contributed by atoms with Crippen LogP contribution >= 0.6 is 0 Å². The predicted molar refractivity (Wildman–Crippen MR) is 207 cm³/mol. The molecule has 0 radical (unpaired) electrons. The first-order chi connectivity index (χ1) is 24.1. The molecule has 0 fully saturated rings. The highest BCUT2D eigenvalue weighted by atomic mass is 15.2. The highest BCUT2D eigenvalue weighted by molar-refractivity contribution is 7.01. The van der Waals surface area contributed by atoms with Crippen LogP contribution in [0.15, 0.2) is 146 Å². The summed E-state index contributed by atoms with van der Waals surface area (Å²) in [5.74, 6) is 0. The maximum Gasteiger partial charge on any atom is 0.253 e. The fourth-order valence-corrected chi connectivity index (χ4v) is 10.0. The van der Waals surface area contributed by atoms with Crippen molar-refractivity contribution >= 4 is 95.3 Å². The largest absolute Gasteiger partial charge is 0.311 e. The molecule has 5 heterocycles. The maximum atomic E-state index is 2.61. The quantitative estimate of drug-likeness (QED) is 0.178. The number of para-hydroxylation sites is 4. The lowest BCUT2D eigenvalue weighted by molar-refractivity contribution is 0.650. The van der Waals surface area contributed by atoms with Crippen molar-refractivity contribution in [3.63, 3.8) is 0 Å². The monoisotopic (exact) mass is 623 g/mol. The number of fused-ring (bicyclic) bond motifs is 7. The zero-order chi connectivity index (χ0) is 32.2. The lowest BCUT2D eigenvalue weighted by Crippen LogP contribution is -2.67. The van der Waals surface area contributed by atoms with E-state index in [0.29, 0.717) is 0 Å².